The Labute approximate surface area is 174 Å². The lowest BCUT2D eigenvalue weighted by molar-refractivity contribution is 0.399. The van der Waals surface area contributed by atoms with E-state index in [1.54, 1.807) is 20.4 Å². The molecule has 0 amide bonds. The lowest BCUT2D eigenvalue weighted by Crippen LogP contribution is -2.08. The van der Waals surface area contributed by atoms with Gasteiger partial charge in [0, 0.05) is 24.0 Å². The first-order valence-electron chi connectivity index (χ1n) is 9.11. The number of nitrogens with one attached hydrogen (secondary N) is 2. The molecule has 2 N–H and O–H groups in total. The SMILES string of the molecule is C=C(/C=C(\C)C1CC1)Nc1nc(NCc2cc(OC)ccc2OC)ncc1Br. The van der Waals surface area contributed by atoms with Crippen molar-refractivity contribution in [3.63, 3.8) is 0 Å². The van der Waals surface area contributed by atoms with Crippen LogP contribution in [0.2, 0.25) is 0 Å². The Hall–Kier alpha value is -2.54. The first-order valence-corrected chi connectivity index (χ1v) is 9.91. The number of hydrogen-bond acceptors (Lipinski definition) is 6. The highest BCUT2D eigenvalue weighted by atomic mass is 79.9. The smallest absolute Gasteiger partial charge is 0.224 e. The minimum atomic E-state index is 0.503. The van der Waals surface area contributed by atoms with Crippen LogP contribution in [0.1, 0.15) is 25.3 Å². The molecule has 0 bridgehead atoms. The van der Waals surface area contributed by atoms with Crippen molar-refractivity contribution in [1.29, 1.82) is 0 Å². The van der Waals surface area contributed by atoms with Crippen LogP contribution in [0.4, 0.5) is 11.8 Å². The largest absolute Gasteiger partial charge is 0.497 e. The molecule has 1 saturated carbocycles. The highest BCUT2D eigenvalue weighted by Gasteiger charge is 2.22. The molecule has 1 aromatic heterocycles. The third kappa shape index (κ3) is 5.25. The lowest BCUT2D eigenvalue weighted by Gasteiger charge is -2.13. The Kier molecular flexibility index (Phi) is 6.57. The summed E-state index contributed by atoms with van der Waals surface area (Å²) in [6, 6.07) is 5.67. The van der Waals surface area contributed by atoms with Gasteiger partial charge in [-0.25, -0.2) is 4.98 Å². The van der Waals surface area contributed by atoms with Crippen LogP contribution >= 0.6 is 15.9 Å². The Morgan fingerprint density at radius 3 is 2.79 bits per heavy atom. The van der Waals surface area contributed by atoms with Crippen molar-refractivity contribution in [2.75, 3.05) is 24.9 Å². The van der Waals surface area contributed by atoms with E-state index >= 15 is 0 Å². The van der Waals surface area contributed by atoms with Crippen molar-refractivity contribution in [1.82, 2.24) is 9.97 Å². The topological polar surface area (TPSA) is 68.3 Å². The zero-order valence-electron chi connectivity index (χ0n) is 16.4. The van der Waals surface area contributed by atoms with E-state index in [4.69, 9.17) is 9.47 Å². The Bertz CT molecular complexity index is 894. The monoisotopic (exact) mass is 444 g/mol. The molecule has 0 radical (unpaired) electrons. The molecule has 0 spiro atoms. The lowest BCUT2D eigenvalue weighted by atomic mass is 10.1. The van der Waals surface area contributed by atoms with Crippen LogP contribution in [-0.4, -0.2) is 24.2 Å². The number of aromatic nitrogens is 2. The fourth-order valence-corrected chi connectivity index (χ4v) is 3.14. The van der Waals surface area contributed by atoms with Crippen LogP contribution in [0, 0.1) is 5.92 Å². The number of hydrogen-bond donors (Lipinski definition) is 2. The van der Waals surface area contributed by atoms with Crippen LogP contribution in [-0.2, 0) is 6.54 Å². The number of rotatable bonds is 9. The fourth-order valence-electron chi connectivity index (χ4n) is 2.85. The van der Waals surface area contributed by atoms with E-state index in [0.29, 0.717) is 24.2 Å². The van der Waals surface area contributed by atoms with Gasteiger partial charge in [-0.1, -0.05) is 12.2 Å². The van der Waals surface area contributed by atoms with Gasteiger partial charge in [0.25, 0.3) is 0 Å². The Morgan fingerprint density at radius 1 is 1.32 bits per heavy atom. The summed E-state index contributed by atoms with van der Waals surface area (Å²) in [7, 11) is 3.28. The quantitative estimate of drug-likeness (QED) is 0.521. The van der Waals surface area contributed by atoms with Crippen molar-refractivity contribution in [3.8, 4) is 11.5 Å². The van der Waals surface area contributed by atoms with E-state index < -0.39 is 0 Å². The second-order valence-electron chi connectivity index (χ2n) is 6.73. The van der Waals surface area contributed by atoms with Gasteiger partial charge in [0.05, 0.1) is 18.7 Å². The van der Waals surface area contributed by atoms with Crippen molar-refractivity contribution < 1.29 is 9.47 Å². The molecule has 6 nitrogen and oxygen atoms in total. The van der Waals surface area contributed by atoms with Crippen LogP contribution < -0.4 is 20.1 Å². The predicted molar refractivity (Wildman–Crippen MR) is 116 cm³/mol. The van der Waals surface area contributed by atoms with Gasteiger partial charge >= 0.3 is 0 Å². The van der Waals surface area contributed by atoms with Gasteiger partial charge in [-0.3, -0.25) is 0 Å². The summed E-state index contributed by atoms with van der Waals surface area (Å²) in [5.74, 6) is 3.43. The van der Waals surface area contributed by atoms with Gasteiger partial charge in [0.15, 0.2) is 0 Å². The molecule has 0 aliphatic heterocycles. The Morgan fingerprint density at radius 2 is 2.11 bits per heavy atom. The zero-order chi connectivity index (χ0) is 20.1. The maximum atomic E-state index is 5.42. The number of methoxy groups -OCH3 is 2. The number of allylic oxidation sites excluding steroid dienone is 2. The molecule has 1 fully saturated rings. The third-order valence-corrected chi connectivity index (χ3v) is 5.15. The molecule has 1 heterocycles. The average Bonchev–Trinajstić information content (AvgIpc) is 3.53. The van der Waals surface area contributed by atoms with E-state index in [9.17, 15) is 0 Å². The van der Waals surface area contributed by atoms with E-state index in [0.717, 1.165) is 27.2 Å². The van der Waals surface area contributed by atoms with Gasteiger partial charge in [0.2, 0.25) is 5.95 Å². The number of halogens is 1. The molecule has 0 atom stereocenters. The normalized spacial score (nSPS) is 13.8. The average molecular weight is 445 g/mol. The second-order valence-corrected chi connectivity index (χ2v) is 7.59. The number of nitrogens with zero attached hydrogens (tertiary/aromatic N) is 2. The summed E-state index contributed by atoms with van der Waals surface area (Å²) >= 11 is 3.49. The van der Waals surface area contributed by atoms with Crippen LogP contribution in [0.3, 0.4) is 0 Å². The summed E-state index contributed by atoms with van der Waals surface area (Å²) in [5.41, 5.74) is 3.12. The van der Waals surface area contributed by atoms with Crippen molar-refractivity contribution >= 4 is 27.7 Å². The standard InChI is InChI=1S/C21H25BrN4O2/c1-13(15-5-6-15)9-14(2)25-20-18(22)12-24-21(26-20)23-11-16-10-17(27-3)7-8-19(16)28-4/h7-10,12,15H,2,5-6,11H2,1,3-4H3,(H2,23,24,25,26)/b13-9+. The second kappa shape index (κ2) is 9.10. The molecular formula is C21H25BrN4O2. The van der Waals surface area contributed by atoms with E-state index in [2.05, 4.69) is 56.1 Å². The zero-order valence-corrected chi connectivity index (χ0v) is 18.0. The summed E-state index contributed by atoms with van der Waals surface area (Å²) in [4.78, 5) is 8.88. The minimum Gasteiger partial charge on any atom is -0.497 e. The predicted octanol–water partition coefficient (Wildman–Crippen LogP) is 5.15. The summed E-state index contributed by atoms with van der Waals surface area (Å²) in [6.07, 6.45) is 6.34. The highest BCUT2D eigenvalue weighted by molar-refractivity contribution is 9.10. The summed E-state index contributed by atoms with van der Waals surface area (Å²) in [5, 5.41) is 6.48. The molecule has 0 saturated heterocycles. The van der Waals surface area contributed by atoms with Gasteiger partial charge in [0.1, 0.15) is 17.3 Å². The first kappa shape index (κ1) is 20.2. The van der Waals surface area contributed by atoms with E-state index in [1.807, 2.05) is 18.2 Å². The molecule has 148 valence electrons. The highest BCUT2D eigenvalue weighted by Crippen LogP contribution is 2.36. The number of ether oxygens (including phenoxy) is 2. The molecule has 3 rings (SSSR count). The molecule has 1 aliphatic rings. The van der Waals surface area contributed by atoms with Crippen LogP contribution in [0.15, 0.2) is 52.8 Å². The Balaban J connectivity index is 1.69. The van der Waals surface area contributed by atoms with Crippen LogP contribution in [0.5, 0.6) is 11.5 Å². The molecule has 0 unspecified atom stereocenters. The van der Waals surface area contributed by atoms with Crippen LogP contribution in [0.25, 0.3) is 0 Å². The van der Waals surface area contributed by atoms with E-state index in [1.165, 1.54) is 18.4 Å². The summed E-state index contributed by atoms with van der Waals surface area (Å²) in [6.45, 7) is 6.74. The van der Waals surface area contributed by atoms with Crippen molar-refractivity contribution in [3.05, 3.63) is 58.4 Å². The molecule has 7 heteroatoms. The van der Waals surface area contributed by atoms with E-state index in [-0.39, 0.29) is 0 Å². The maximum absolute atomic E-state index is 5.42. The van der Waals surface area contributed by atoms with Gasteiger partial charge in [-0.05, 0) is 65.9 Å². The van der Waals surface area contributed by atoms with Gasteiger partial charge in [-0.15, -0.1) is 0 Å². The molecule has 2 aromatic rings. The molecule has 1 aromatic carbocycles. The first-order chi connectivity index (χ1) is 13.5. The third-order valence-electron chi connectivity index (χ3n) is 4.57. The fraction of sp³-hybridized carbons (Fsp3) is 0.333. The van der Waals surface area contributed by atoms with Gasteiger partial charge < -0.3 is 20.1 Å². The number of anilines is 2. The van der Waals surface area contributed by atoms with Crippen molar-refractivity contribution in [2.24, 2.45) is 5.92 Å². The number of benzene rings is 1. The maximum Gasteiger partial charge on any atom is 0.224 e. The van der Waals surface area contributed by atoms with Crippen molar-refractivity contribution in [2.45, 2.75) is 26.3 Å². The summed E-state index contributed by atoms with van der Waals surface area (Å²) < 4.78 is 11.5. The molecule has 28 heavy (non-hydrogen) atoms. The van der Waals surface area contributed by atoms with Gasteiger partial charge in [-0.2, -0.15) is 4.98 Å². The molecule has 1 aliphatic carbocycles. The minimum absolute atomic E-state index is 0.503. The molecular weight excluding hydrogens is 420 g/mol.